The third-order valence-electron chi connectivity index (χ3n) is 3.62. The van der Waals surface area contributed by atoms with E-state index in [0.29, 0.717) is 6.42 Å². The van der Waals surface area contributed by atoms with Crippen LogP contribution in [-0.2, 0) is 4.79 Å². The van der Waals surface area contributed by atoms with Gasteiger partial charge in [-0.15, -0.1) is 0 Å². The number of nitrogens with one attached hydrogen (secondary N) is 1. The lowest BCUT2D eigenvalue weighted by molar-refractivity contribution is -0.115. The van der Waals surface area contributed by atoms with Crippen molar-refractivity contribution in [3.63, 3.8) is 0 Å². The van der Waals surface area contributed by atoms with Gasteiger partial charge < -0.3 is 10.2 Å². The maximum Gasteiger partial charge on any atom is 0.224 e. The fraction of sp³-hybridized carbons (Fsp3) is 0.533. The highest BCUT2D eigenvalue weighted by atomic mass is 16.1. The number of piperidine rings is 1. The molecule has 0 aliphatic carbocycles. The summed E-state index contributed by atoms with van der Waals surface area (Å²) in [5, 5.41) is 2.99. The molecule has 98 valence electrons. The number of rotatable bonds is 3. The number of nitrogens with zero attached hydrogens (tertiary/aromatic N) is 1. The molecule has 0 atom stereocenters. The second-order valence-corrected chi connectivity index (χ2v) is 5.09. The van der Waals surface area contributed by atoms with Crippen LogP contribution in [0.2, 0.25) is 0 Å². The van der Waals surface area contributed by atoms with Crippen molar-refractivity contribution in [2.75, 3.05) is 23.3 Å². The zero-order valence-electron chi connectivity index (χ0n) is 11.3. The summed E-state index contributed by atoms with van der Waals surface area (Å²) in [6, 6.07) is 8.10. The Morgan fingerprint density at radius 1 is 1.33 bits per heavy atom. The molecular weight excluding hydrogens is 224 g/mol. The zero-order chi connectivity index (χ0) is 13.0. The molecule has 1 heterocycles. The van der Waals surface area contributed by atoms with Gasteiger partial charge in [-0.25, -0.2) is 0 Å². The van der Waals surface area contributed by atoms with E-state index < -0.39 is 0 Å². The number of para-hydroxylation sites is 2. The van der Waals surface area contributed by atoms with E-state index in [4.69, 9.17) is 0 Å². The maximum absolute atomic E-state index is 11.5. The molecule has 1 aromatic rings. The van der Waals surface area contributed by atoms with Crippen molar-refractivity contribution in [2.24, 2.45) is 5.92 Å². The summed E-state index contributed by atoms with van der Waals surface area (Å²) < 4.78 is 0. The summed E-state index contributed by atoms with van der Waals surface area (Å²) in [7, 11) is 0. The molecule has 1 aliphatic heterocycles. The minimum Gasteiger partial charge on any atom is -0.370 e. The van der Waals surface area contributed by atoms with Gasteiger partial charge in [0.2, 0.25) is 5.91 Å². The Morgan fingerprint density at radius 3 is 2.67 bits per heavy atom. The van der Waals surface area contributed by atoms with Crippen LogP contribution < -0.4 is 10.2 Å². The topological polar surface area (TPSA) is 32.3 Å². The van der Waals surface area contributed by atoms with Crippen LogP contribution in [0.3, 0.4) is 0 Å². The van der Waals surface area contributed by atoms with Crippen LogP contribution in [0.5, 0.6) is 0 Å². The minimum atomic E-state index is 0.0767. The molecule has 1 amide bonds. The Labute approximate surface area is 109 Å². The van der Waals surface area contributed by atoms with Gasteiger partial charge in [-0.05, 0) is 30.9 Å². The predicted octanol–water partition coefficient (Wildman–Crippen LogP) is 3.27. The first-order chi connectivity index (χ1) is 8.70. The number of hydrogen-bond acceptors (Lipinski definition) is 2. The predicted molar refractivity (Wildman–Crippen MR) is 76.0 cm³/mol. The van der Waals surface area contributed by atoms with Gasteiger partial charge in [-0.2, -0.15) is 0 Å². The van der Waals surface area contributed by atoms with Crippen molar-refractivity contribution in [3.05, 3.63) is 24.3 Å². The lowest BCUT2D eigenvalue weighted by Crippen LogP contribution is -2.33. The maximum atomic E-state index is 11.5. The van der Waals surface area contributed by atoms with Gasteiger partial charge in [-0.3, -0.25) is 4.79 Å². The second-order valence-electron chi connectivity index (χ2n) is 5.09. The quantitative estimate of drug-likeness (QED) is 0.887. The molecule has 1 fully saturated rings. The summed E-state index contributed by atoms with van der Waals surface area (Å²) in [4.78, 5) is 13.9. The molecule has 0 unspecified atom stereocenters. The smallest absolute Gasteiger partial charge is 0.224 e. The normalized spacial score (nSPS) is 16.7. The van der Waals surface area contributed by atoms with E-state index in [0.717, 1.165) is 30.4 Å². The fourth-order valence-corrected chi connectivity index (χ4v) is 2.34. The first-order valence-corrected chi connectivity index (χ1v) is 6.84. The van der Waals surface area contributed by atoms with Crippen LogP contribution in [0.1, 0.15) is 33.1 Å². The second kappa shape index (κ2) is 5.89. The van der Waals surface area contributed by atoms with E-state index in [1.165, 1.54) is 12.8 Å². The molecule has 18 heavy (non-hydrogen) atoms. The fourth-order valence-electron chi connectivity index (χ4n) is 2.34. The molecule has 3 heteroatoms. The molecule has 0 radical (unpaired) electrons. The largest absolute Gasteiger partial charge is 0.370 e. The average molecular weight is 246 g/mol. The monoisotopic (exact) mass is 246 g/mol. The molecular formula is C15H22N2O. The van der Waals surface area contributed by atoms with Crippen molar-refractivity contribution >= 4 is 17.3 Å². The third-order valence-corrected chi connectivity index (χ3v) is 3.62. The first kappa shape index (κ1) is 12.9. The molecule has 1 N–H and O–H groups in total. The lowest BCUT2D eigenvalue weighted by Gasteiger charge is -2.33. The Bertz CT molecular complexity index is 409. The van der Waals surface area contributed by atoms with E-state index in [2.05, 4.69) is 23.2 Å². The Balaban J connectivity index is 2.14. The number of anilines is 2. The Hall–Kier alpha value is -1.51. The number of carbonyl (C=O) groups is 1. The van der Waals surface area contributed by atoms with E-state index in [-0.39, 0.29) is 5.91 Å². The summed E-state index contributed by atoms with van der Waals surface area (Å²) in [5.41, 5.74) is 2.10. The molecule has 0 bridgehead atoms. The van der Waals surface area contributed by atoms with Crippen LogP contribution in [0.15, 0.2) is 24.3 Å². The highest BCUT2D eigenvalue weighted by Crippen LogP contribution is 2.29. The molecule has 0 saturated carbocycles. The summed E-state index contributed by atoms with van der Waals surface area (Å²) >= 11 is 0. The van der Waals surface area contributed by atoms with E-state index >= 15 is 0 Å². The average Bonchev–Trinajstić information content (AvgIpc) is 2.40. The number of amides is 1. The van der Waals surface area contributed by atoms with Gasteiger partial charge in [0.15, 0.2) is 0 Å². The molecule has 1 aromatic carbocycles. The summed E-state index contributed by atoms with van der Waals surface area (Å²) in [6.07, 6.45) is 2.98. The number of benzene rings is 1. The van der Waals surface area contributed by atoms with Crippen LogP contribution >= 0.6 is 0 Å². The molecule has 1 aliphatic rings. The van der Waals surface area contributed by atoms with Crippen molar-refractivity contribution in [3.8, 4) is 0 Å². The van der Waals surface area contributed by atoms with Gasteiger partial charge in [0.05, 0.1) is 11.4 Å². The zero-order valence-corrected chi connectivity index (χ0v) is 11.3. The Morgan fingerprint density at radius 2 is 2.00 bits per heavy atom. The summed E-state index contributed by atoms with van der Waals surface area (Å²) in [6.45, 7) is 6.35. The molecule has 3 nitrogen and oxygen atoms in total. The standard InChI is InChI=1S/C15H22N2O/c1-3-15(18)16-13-6-4-5-7-14(13)17-10-8-12(2)9-11-17/h4-7,12H,3,8-11H2,1-2H3,(H,16,18). The van der Waals surface area contributed by atoms with Gasteiger partial charge >= 0.3 is 0 Å². The van der Waals surface area contributed by atoms with Crippen LogP contribution in [-0.4, -0.2) is 19.0 Å². The van der Waals surface area contributed by atoms with Crippen LogP contribution in [0, 0.1) is 5.92 Å². The van der Waals surface area contributed by atoms with Crippen molar-refractivity contribution in [2.45, 2.75) is 33.1 Å². The highest BCUT2D eigenvalue weighted by molar-refractivity contribution is 5.94. The van der Waals surface area contributed by atoms with Gasteiger partial charge in [-0.1, -0.05) is 26.0 Å². The number of carbonyl (C=O) groups excluding carboxylic acids is 1. The van der Waals surface area contributed by atoms with Crippen molar-refractivity contribution < 1.29 is 4.79 Å². The molecule has 1 saturated heterocycles. The van der Waals surface area contributed by atoms with E-state index in [1.807, 2.05) is 25.1 Å². The minimum absolute atomic E-state index is 0.0767. The van der Waals surface area contributed by atoms with Crippen LogP contribution in [0.25, 0.3) is 0 Å². The van der Waals surface area contributed by atoms with Crippen LogP contribution in [0.4, 0.5) is 11.4 Å². The van der Waals surface area contributed by atoms with Gasteiger partial charge in [0.1, 0.15) is 0 Å². The number of hydrogen-bond donors (Lipinski definition) is 1. The van der Waals surface area contributed by atoms with E-state index in [9.17, 15) is 4.79 Å². The van der Waals surface area contributed by atoms with E-state index in [1.54, 1.807) is 0 Å². The molecule has 0 aromatic heterocycles. The lowest BCUT2D eigenvalue weighted by atomic mass is 9.98. The SMILES string of the molecule is CCC(=O)Nc1ccccc1N1CCC(C)CC1. The first-order valence-electron chi connectivity index (χ1n) is 6.84. The van der Waals surface area contributed by atoms with Crippen molar-refractivity contribution in [1.29, 1.82) is 0 Å². The van der Waals surface area contributed by atoms with Gasteiger partial charge in [0, 0.05) is 19.5 Å². The Kier molecular flexibility index (Phi) is 4.24. The highest BCUT2D eigenvalue weighted by Gasteiger charge is 2.18. The molecule has 2 rings (SSSR count). The summed E-state index contributed by atoms with van der Waals surface area (Å²) in [5.74, 6) is 0.895. The van der Waals surface area contributed by atoms with Crippen molar-refractivity contribution in [1.82, 2.24) is 0 Å². The third kappa shape index (κ3) is 3.03. The molecule has 0 spiro atoms. The van der Waals surface area contributed by atoms with Gasteiger partial charge in [0.25, 0.3) is 0 Å².